The van der Waals surface area contributed by atoms with E-state index in [-0.39, 0.29) is 5.91 Å². The highest BCUT2D eigenvalue weighted by Crippen LogP contribution is 2.25. The zero-order chi connectivity index (χ0) is 18.1. The summed E-state index contributed by atoms with van der Waals surface area (Å²) in [5, 5.41) is 2.91. The van der Waals surface area contributed by atoms with E-state index in [0.717, 1.165) is 28.2 Å². The highest BCUT2D eigenvalue weighted by Gasteiger charge is 2.18. The zero-order valence-electron chi connectivity index (χ0n) is 14.8. The molecule has 0 aliphatic heterocycles. The lowest BCUT2D eigenvalue weighted by atomic mass is 10.1. The van der Waals surface area contributed by atoms with Crippen LogP contribution in [0.5, 0.6) is 0 Å². The van der Waals surface area contributed by atoms with Crippen LogP contribution in [0.4, 0.5) is 0 Å². The first-order valence-corrected chi connectivity index (χ1v) is 8.56. The number of fused-ring (bicyclic) bond motifs is 1. The van der Waals surface area contributed by atoms with Crippen LogP contribution in [0.3, 0.4) is 0 Å². The highest BCUT2D eigenvalue weighted by atomic mass is 16.3. The van der Waals surface area contributed by atoms with Crippen molar-refractivity contribution in [1.82, 2.24) is 9.88 Å². The molecule has 0 fully saturated rings. The topological polar surface area (TPSA) is 60.3 Å². The van der Waals surface area contributed by atoms with Gasteiger partial charge in [-0.15, -0.1) is 0 Å². The normalized spacial score (nSPS) is 11.2. The Labute approximate surface area is 151 Å². The fourth-order valence-corrected chi connectivity index (χ4v) is 3.19. The summed E-state index contributed by atoms with van der Waals surface area (Å²) in [7, 11) is 0. The van der Waals surface area contributed by atoms with Crippen LogP contribution in [-0.4, -0.2) is 10.5 Å². The first-order valence-electron chi connectivity index (χ1n) is 8.56. The summed E-state index contributed by atoms with van der Waals surface area (Å²) in [5.41, 5.74) is 4.55. The lowest BCUT2D eigenvalue weighted by Gasteiger charge is -2.11. The molecular formula is C21H20N2O3. The van der Waals surface area contributed by atoms with E-state index in [9.17, 15) is 4.79 Å². The molecule has 0 bridgehead atoms. The lowest BCUT2D eigenvalue weighted by molar-refractivity contribution is 0.0939. The molecule has 0 saturated heterocycles. The Balaban J connectivity index is 1.67. The van der Waals surface area contributed by atoms with Crippen molar-refractivity contribution in [2.45, 2.75) is 26.9 Å². The summed E-state index contributed by atoms with van der Waals surface area (Å²) in [6.45, 7) is 4.93. The van der Waals surface area contributed by atoms with Gasteiger partial charge in [0.2, 0.25) is 0 Å². The number of aromatic nitrogens is 1. The predicted octanol–water partition coefficient (Wildman–Crippen LogP) is 4.42. The molecule has 1 amide bonds. The molecule has 5 nitrogen and oxygen atoms in total. The first kappa shape index (κ1) is 16.3. The Bertz CT molecular complexity index is 1050. The second-order valence-electron chi connectivity index (χ2n) is 6.47. The number of amides is 1. The summed E-state index contributed by atoms with van der Waals surface area (Å²) in [5.74, 6) is 1.39. The van der Waals surface area contributed by atoms with E-state index in [1.165, 1.54) is 5.56 Å². The van der Waals surface area contributed by atoms with Crippen molar-refractivity contribution in [2.75, 3.05) is 0 Å². The molecule has 0 aliphatic rings. The third kappa shape index (κ3) is 3.16. The van der Waals surface area contributed by atoms with E-state index < -0.39 is 0 Å². The number of carbonyl (C=O) groups excluding carboxylic acids is 1. The molecule has 0 atom stereocenters. The van der Waals surface area contributed by atoms with Crippen LogP contribution in [0.25, 0.3) is 11.1 Å². The van der Waals surface area contributed by atoms with E-state index in [1.807, 2.05) is 29.7 Å². The summed E-state index contributed by atoms with van der Waals surface area (Å²) in [6.07, 6.45) is 1.60. The predicted molar refractivity (Wildman–Crippen MR) is 99.1 cm³/mol. The Morgan fingerprint density at radius 1 is 1.12 bits per heavy atom. The Hall–Kier alpha value is -3.21. The molecule has 132 valence electrons. The van der Waals surface area contributed by atoms with Gasteiger partial charge in [-0.2, -0.15) is 0 Å². The van der Waals surface area contributed by atoms with Crippen LogP contribution in [0, 0.1) is 13.8 Å². The van der Waals surface area contributed by atoms with Gasteiger partial charge in [0.15, 0.2) is 5.58 Å². The molecule has 1 aromatic carbocycles. The Morgan fingerprint density at radius 3 is 2.77 bits per heavy atom. The molecule has 0 saturated carbocycles. The molecular weight excluding hydrogens is 328 g/mol. The summed E-state index contributed by atoms with van der Waals surface area (Å²) >= 11 is 0. The maximum Gasteiger partial charge on any atom is 0.268 e. The first-order chi connectivity index (χ1) is 12.6. The number of nitrogens with one attached hydrogen (secondary N) is 1. The van der Waals surface area contributed by atoms with Crippen molar-refractivity contribution < 1.29 is 13.6 Å². The molecule has 4 rings (SSSR count). The van der Waals surface area contributed by atoms with E-state index >= 15 is 0 Å². The smallest absolute Gasteiger partial charge is 0.268 e. The van der Waals surface area contributed by atoms with Crippen molar-refractivity contribution in [3.05, 3.63) is 83.1 Å². The van der Waals surface area contributed by atoms with Gasteiger partial charge < -0.3 is 18.7 Å². The zero-order valence-corrected chi connectivity index (χ0v) is 14.8. The third-order valence-electron chi connectivity index (χ3n) is 4.37. The maximum atomic E-state index is 12.8. The summed E-state index contributed by atoms with van der Waals surface area (Å²) < 4.78 is 13.0. The molecule has 3 aromatic heterocycles. The maximum absolute atomic E-state index is 12.8. The van der Waals surface area contributed by atoms with Gasteiger partial charge >= 0.3 is 0 Å². The fourth-order valence-electron chi connectivity index (χ4n) is 3.19. The monoisotopic (exact) mass is 348 g/mol. The summed E-state index contributed by atoms with van der Waals surface area (Å²) in [6, 6.07) is 15.7. The number of furan rings is 2. The van der Waals surface area contributed by atoms with Crippen molar-refractivity contribution in [2.24, 2.45) is 0 Å². The number of aryl methyl sites for hydroxylation is 2. The molecule has 0 radical (unpaired) electrons. The minimum atomic E-state index is -0.155. The molecule has 1 N–H and O–H groups in total. The SMILES string of the molecule is Cc1cccc(Cn2c(C(=O)NCc3ccco3)cc3oc(C)cc32)c1. The van der Waals surface area contributed by atoms with Crippen LogP contribution in [-0.2, 0) is 13.1 Å². The highest BCUT2D eigenvalue weighted by molar-refractivity contribution is 5.97. The van der Waals surface area contributed by atoms with Gasteiger partial charge in [0, 0.05) is 18.7 Å². The Morgan fingerprint density at radius 2 is 2.00 bits per heavy atom. The van der Waals surface area contributed by atoms with E-state index in [4.69, 9.17) is 8.83 Å². The molecule has 0 unspecified atom stereocenters. The number of hydrogen-bond acceptors (Lipinski definition) is 3. The number of rotatable bonds is 5. The number of carbonyl (C=O) groups is 1. The van der Waals surface area contributed by atoms with Crippen molar-refractivity contribution in [3.8, 4) is 0 Å². The van der Waals surface area contributed by atoms with Crippen LogP contribution in [0.15, 0.2) is 63.6 Å². The lowest BCUT2D eigenvalue weighted by Crippen LogP contribution is -2.25. The van der Waals surface area contributed by atoms with Gasteiger partial charge in [0.05, 0.1) is 18.3 Å². The van der Waals surface area contributed by atoms with Gasteiger partial charge in [0.1, 0.15) is 17.2 Å². The van der Waals surface area contributed by atoms with Gasteiger partial charge in [-0.05, 0) is 31.5 Å². The second-order valence-corrected chi connectivity index (χ2v) is 6.47. The standard InChI is InChI=1S/C21H20N2O3/c1-14-5-3-6-16(9-14)13-23-18-10-15(2)26-20(18)11-19(23)21(24)22-12-17-7-4-8-25-17/h3-11H,12-13H2,1-2H3,(H,22,24). The number of nitrogens with zero attached hydrogens (tertiary/aromatic N) is 1. The van der Waals surface area contributed by atoms with Crippen molar-refractivity contribution in [1.29, 1.82) is 0 Å². The molecule has 0 spiro atoms. The quantitative estimate of drug-likeness (QED) is 0.581. The average Bonchev–Trinajstić information content (AvgIpc) is 3.31. The molecule has 3 heterocycles. The van der Waals surface area contributed by atoms with Gasteiger partial charge in [-0.25, -0.2) is 0 Å². The average molecular weight is 348 g/mol. The molecule has 4 aromatic rings. The van der Waals surface area contributed by atoms with Crippen molar-refractivity contribution in [3.63, 3.8) is 0 Å². The fraction of sp³-hybridized carbons (Fsp3) is 0.190. The van der Waals surface area contributed by atoms with Gasteiger partial charge in [0.25, 0.3) is 5.91 Å². The van der Waals surface area contributed by atoms with Crippen molar-refractivity contribution >= 4 is 17.0 Å². The molecule has 5 heteroatoms. The second kappa shape index (κ2) is 6.59. The number of hydrogen-bond donors (Lipinski definition) is 1. The minimum absolute atomic E-state index is 0.155. The van der Waals surface area contributed by atoms with Gasteiger partial charge in [-0.1, -0.05) is 29.8 Å². The van der Waals surface area contributed by atoms with E-state index in [0.29, 0.717) is 18.8 Å². The van der Waals surface area contributed by atoms with Crippen LogP contribution < -0.4 is 5.32 Å². The summed E-state index contributed by atoms with van der Waals surface area (Å²) in [4.78, 5) is 12.8. The number of benzene rings is 1. The van der Waals surface area contributed by atoms with Crippen LogP contribution >= 0.6 is 0 Å². The van der Waals surface area contributed by atoms with E-state index in [2.05, 4.69) is 30.4 Å². The third-order valence-corrected chi connectivity index (χ3v) is 4.37. The van der Waals surface area contributed by atoms with Gasteiger partial charge in [-0.3, -0.25) is 4.79 Å². The largest absolute Gasteiger partial charge is 0.467 e. The Kier molecular flexibility index (Phi) is 4.13. The van der Waals surface area contributed by atoms with E-state index in [1.54, 1.807) is 18.4 Å². The molecule has 0 aliphatic carbocycles. The van der Waals surface area contributed by atoms with Crippen LogP contribution in [0.1, 0.15) is 33.1 Å². The molecule has 26 heavy (non-hydrogen) atoms. The van der Waals surface area contributed by atoms with Crippen LogP contribution in [0.2, 0.25) is 0 Å². The minimum Gasteiger partial charge on any atom is -0.467 e.